The van der Waals surface area contributed by atoms with Crippen molar-refractivity contribution >= 4 is 11.6 Å². The van der Waals surface area contributed by atoms with E-state index >= 15 is 0 Å². The highest BCUT2D eigenvalue weighted by Crippen LogP contribution is 2.24. The summed E-state index contributed by atoms with van der Waals surface area (Å²) < 4.78 is 13.1. The molecule has 1 heterocycles. The molecule has 1 aliphatic rings. The van der Waals surface area contributed by atoms with Crippen LogP contribution < -0.4 is 10.2 Å². The highest BCUT2D eigenvalue weighted by Gasteiger charge is 2.23. The Morgan fingerprint density at radius 3 is 2.32 bits per heavy atom. The Morgan fingerprint density at radius 1 is 0.929 bits per heavy atom. The van der Waals surface area contributed by atoms with Crippen LogP contribution in [0.1, 0.15) is 16.8 Å². The van der Waals surface area contributed by atoms with Gasteiger partial charge in [0.25, 0.3) is 5.91 Å². The highest BCUT2D eigenvalue weighted by molar-refractivity contribution is 5.94. The number of halogens is 1. The molecule has 142 valence electrons. The molecular weight excluding hydrogens is 351 g/mol. The van der Waals surface area contributed by atoms with Gasteiger partial charge in [0.1, 0.15) is 5.82 Å². The van der Waals surface area contributed by atoms with Crippen LogP contribution in [0.2, 0.25) is 0 Å². The third kappa shape index (κ3) is 4.22. The predicted octanol–water partition coefficient (Wildman–Crippen LogP) is 4.75. The zero-order valence-electron chi connectivity index (χ0n) is 15.6. The summed E-state index contributed by atoms with van der Waals surface area (Å²) in [6, 6.07) is 24.4. The fourth-order valence-electron chi connectivity index (χ4n) is 3.67. The van der Waals surface area contributed by atoms with E-state index in [4.69, 9.17) is 0 Å². The normalized spacial score (nSPS) is 16.2. The number of nitrogens with zero attached hydrogens (tertiary/aromatic N) is 1. The van der Waals surface area contributed by atoms with Crippen molar-refractivity contribution in [2.75, 3.05) is 24.5 Å². The third-order valence-corrected chi connectivity index (χ3v) is 5.28. The Bertz CT molecular complexity index is 923. The van der Waals surface area contributed by atoms with Gasteiger partial charge in [-0.3, -0.25) is 4.79 Å². The Hall–Kier alpha value is -3.14. The van der Waals surface area contributed by atoms with Crippen LogP contribution in [0.15, 0.2) is 78.9 Å². The van der Waals surface area contributed by atoms with E-state index in [0.29, 0.717) is 18.0 Å². The van der Waals surface area contributed by atoms with E-state index in [9.17, 15) is 9.18 Å². The van der Waals surface area contributed by atoms with Gasteiger partial charge in [0.2, 0.25) is 0 Å². The summed E-state index contributed by atoms with van der Waals surface area (Å²) in [6.07, 6.45) is 1.02. The van der Waals surface area contributed by atoms with E-state index in [1.165, 1.54) is 12.1 Å². The van der Waals surface area contributed by atoms with Gasteiger partial charge in [0.15, 0.2) is 0 Å². The first-order valence-electron chi connectivity index (χ1n) is 9.63. The summed E-state index contributed by atoms with van der Waals surface area (Å²) in [4.78, 5) is 14.7. The summed E-state index contributed by atoms with van der Waals surface area (Å²) >= 11 is 0. The maximum Gasteiger partial charge on any atom is 0.251 e. The van der Waals surface area contributed by atoms with E-state index in [2.05, 4.69) is 22.3 Å². The van der Waals surface area contributed by atoms with Crippen LogP contribution in [-0.4, -0.2) is 25.5 Å². The minimum absolute atomic E-state index is 0.0418. The highest BCUT2D eigenvalue weighted by atomic mass is 19.1. The Balaban J connectivity index is 1.30. The Kier molecular flexibility index (Phi) is 5.38. The second kappa shape index (κ2) is 8.26. The van der Waals surface area contributed by atoms with Crippen LogP contribution in [-0.2, 0) is 0 Å². The number of carbonyl (C=O) groups excluding carboxylic acids is 1. The van der Waals surface area contributed by atoms with Gasteiger partial charge in [0.05, 0.1) is 0 Å². The second-order valence-electron chi connectivity index (χ2n) is 7.23. The SMILES string of the molecule is O=C(NCC1CCN(c2ccc(F)cc2)C1)c1ccc(-c2ccccc2)cc1. The van der Waals surface area contributed by atoms with Gasteiger partial charge in [-0.15, -0.1) is 0 Å². The monoisotopic (exact) mass is 374 g/mol. The van der Waals surface area contributed by atoms with Crippen molar-refractivity contribution in [3.8, 4) is 11.1 Å². The number of amides is 1. The zero-order chi connectivity index (χ0) is 19.3. The number of hydrogen-bond acceptors (Lipinski definition) is 2. The second-order valence-corrected chi connectivity index (χ2v) is 7.23. The van der Waals surface area contributed by atoms with Gasteiger partial charge in [0, 0.05) is 30.9 Å². The van der Waals surface area contributed by atoms with Crippen LogP contribution in [0.5, 0.6) is 0 Å². The summed E-state index contributed by atoms with van der Waals surface area (Å²) in [6.45, 7) is 2.45. The average molecular weight is 374 g/mol. The van der Waals surface area contributed by atoms with Gasteiger partial charge in [-0.1, -0.05) is 42.5 Å². The van der Waals surface area contributed by atoms with E-state index in [1.807, 2.05) is 54.6 Å². The lowest BCUT2D eigenvalue weighted by molar-refractivity contribution is 0.0948. The van der Waals surface area contributed by atoms with Crippen molar-refractivity contribution < 1.29 is 9.18 Å². The molecule has 3 nitrogen and oxygen atoms in total. The molecule has 0 aromatic heterocycles. The van der Waals surface area contributed by atoms with Gasteiger partial charge in [-0.25, -0.2) is 4.39 Å². The molecule has 1 unspecified atom stereocenters. The molecule has 3 aromatic carbocycles. The first-order chi connectivity index (χ1) is 13.7. The minimum atomic E-state index is -0.218. The molecule has 28 heavy (non-hydrogen) atoms. The third-order valence-electron chi connectivity index (χ3n) is 5.28. The Morgan fingerprint density at radius 2 is 1.61 bits per heavy atom. The van der Waals surface area contributed by atoms with Crippen molar-refractivity contribution in [2.24, 2.45) is 5.92 Å². The van der Waals surface area contributed by atoms with Crippen LogP contribution in [0.4, 0.5) is 10.1 Å². The first kappa shape index (κ1) is 18.2. The smallest absolute Gasteiger partial charge is 0.251 e. The molecule has 1 amide bonds. The molecule has 1 atom stereocenters. The van der Waals surface area contributed by atoms with E-state index in [-0.39, 0.29) is 11.7 Å². The lowest BCUT2D eigenvalue weighted by Gasteiger charge is -2.18. The summed E-state index contributed by atoms with van der Waals surface area (Å²) in [7, 11) is 0. The number of benzene rings is 3. The number of hydrogen-bond donors (Lipinski definition) is 1. The molecule has 0 saturated carbocycles. The lowest BCUT2D eigenvalue weighted by Crippen LogP contribution is -2.31. The van der Waals surface area contributed by atoms with Crippen LogP contribution >= 0.6 is 0 Å². The van der Waals surface area contributed by atoms with Crippen molar-refractivity contribution in [2.45, 2.75) is 6.42 Å². The molecule has 4 heteroatoms. The number of nitrogens with one attached hydrogen (secondary N) is 1. The van der Waals surface area contributed by atoms with E-state index < -0.39 is 0 Å². The maximum absolute atomic E-state index is 13.1. The zero-order valence-corrected chi connectivity index (χ0v) is 15.6. The minimum Gasteiger partial charge on any atom is -0.371 e. The van der Waals surface area contributed by atoms with Crippen LogP contribution in [0.25, 0.3) is 11.1 Å². The van der Waals surface area contributed by atoms with E-state index in [0.717, 1.165) is 36.3 Å². The van der Waals surface area contributed by atoms with Crippen molar-refractivity contribution in [3.05, 3.63) is 90.2 Å². The van der Waals surface area contributed by atoms with Gasteiger partial charge in [-0.05, 0) is 59.9 Å². The van der Waals surface area contributed by atoms with Gasteiger partial charge < -0.3 is 10.2 Å². The molecule has 4 rings (SSSR count). The molecule has 1 aliphatic heterocycles. The molecule has 1 saturated heterocycles. The molecule has 0 aliphatic carbocycles. The fraction of sp³-hybridized carbons (Fsp3) is 0.208. The Labute approximate surface area is 164 Å². The number of rotatable bonds is 5. The summed E-state index contributed by atoms with van der Waals surface area (Å²) in [5.74, 6) is 0.141. The summed E-state index contributed by atoms with van der Waals surface area (Å²) in [5.41, 5.74) is 3.95. The fourth-order valence-corrected chi connectivity index (χ4v) is 3.67. The summed E-state index contributed by atoms with van der Waals surface area (Å²) in [5, 5.41) is 3.06. The van der Waals surface area contributed by atoms with Crippen molar-refractivity contribution in [1.82, 2.24) is 5.32 Å². The average Bonchev–Trinajstić information content (AvgIpc) is 3.22. The number of carbonyl (C=O) groups is 1. The quantitative estimate of drug-likeness (QED) is 0.699. The van der Waals surface area contributed by atoms with Crippen LogP contribution in [0.3, 0.4) is 0 Å². The van der Waals surface area contributed by atoms with Gasteiger partial charge >= 0.3 is 0 Å². The van der Waals surface area contributed by atoms with Crippen LogP contribution in [0, 0.1) is 11.7 Å². The number of anilines is 1. The van der Waals surface area contributed by atoms with E-state index in [1.54, 1.807) is 0 Å². The topological polar surface area (TPSA) is 32.3 Å². The molecule has 1 N–H and O–H groups in total. The molecule has 0 spiro atoms. The first-order valence-corrected chi connectivity index (χ1v) is 9.63. The predicted molar refractivity (Wildman–Crippen MR) is 111 cm³/mol. The molecular formula is C24H23FN2O. The molecule has 1 fully saturated rings. The molecule has 0 bridgehead atoms. The van der Waals surface area contributed by atoms with Gasteiger partial charge in [-0.2, -0.15) is 0 Å². The molecule has 0 radical (unpaired) electrons. The maximum atomic E-state index is 13.1. The van der Waals surface area contributed by atoms with Crippen molar-refractivity contribution in [3.63, 3.8) is 0 Å². The lowest BCUT2D eigenvalue weighted by atomic mass is 10.0. The van der Waals surface area contributed by atoms with Crippen molar-refractivity contribution in [1.29, 1.82) is 0 Å². The standard InChI is InChI=1S/C24H23FN2O/c25-22-10-12-23(13-11-22)27-15-14-18(17-27)16-26-24(28)21-8-6-20(7-9-21)19-4-2-1-3-5-19/h1-13,18H,14-17H2,(H,26,28). The largest absolute Gasteiger partial charge is 0.371 e. The molecule has 3 aromatic rings.